The molecule has 0 bridgehead atoms. The van der Waals surface area contributed by atoms with Crippen LogP contribution in [0.5, 0.6) is 0 Å². The van der Waals surface area contributed by atoms with Crippen LogP contribution in [0.15, 0.2) is 58.9 Å². The van der Waals surface area contributed by atoms with E-state index in [-0.39, 0.29) is 17.6 Å². The van der Waals surface area contributed by atoms with E-state index in [4.69, 9.17) is 4.74 Å². The summed E-state index contributed by atoms with van der Waals surface area (Å²) in [6, 6.07) is 11.3. The van der Waals surface area contributed by atoms with Gasteiger partial charge in [0, 0.05) is 35.4 Å². The molecule has 3 aromatic rings. The highest BCUT2D eigenvalue weighted by molar-refractivity contribution is 7.07. The lowest BCUT2D eigenvalue weighted by atomic mass is 10.1. The van der Waals surface area contributed by atoms with E-state index < -0.39 is 17.6 Å². The Bertz CT molecular complexity index is 1270. The largest absolute Gasteiger partial charge is 0.416 e. The van der Waals surface area contributed by atoms with Gasteiger partial charge in [-0.05, 0) is 55.7 Å². The van der Waals surface area contributed by atoms with Crippen LogP contribution in [0.3, 0.4) is 0 Å². The molecule has 1 aliphatic heterocycles. The number of nitrogens with zero attached hydrogens (tertiary/aromatic N) is 2. The SMILES string of the molecule is Cc1csc(=NC(=O)c2cccc(C(F)(F)F)c2)n1Cc1ccc(C(=O)NCC2CCCO2)cc1. The summed E-state index contributed by atoms with van der Waals surface area (Å²) in [5.41, 5.74) is 1.24. The minimum absolute atomic E-state index is 0.0667. The Morgan fingerprint density at radius 1 is 1.17 bits per heavy atom. The number of hydrogen-bond acceptors (Lipinski definition) is 4. The Morgan fingerprint density at radius 3 is 2.63 bits per heavy atom. The van der Waals surface area contributed by atoms with Crippen LogP contribution in [-0.2, 0) is 17.5 Å². The number of halogens is 3. The number of benzene rings is 2. The van der Waals surface area contributed by atoms with Crippen LogP contribution >= 0.6 is 11.3 Å². The van der Waals surface area contributed by atoms with Gasteiger partial charge in [-0.2, -0.15) is 18.2 Å². The van der Waals surface area contributed by atoms with Crippen molar-refractivity contribution >= 4 is 23.2 Å². The molecule has 1 fully saturated rings. The second-order valence-electron chi connectivity index (χ2n) is 8.28. The van der Waals surface area contributed by atoms with E-state index in [1.807, 2.05) is 29.0 Å². The summed E-state index contributed by atoms with van der Waals surface area (Å²) in [6.45, 7) is 3.46. The van der Waals surface area contributed by atoms with E-state index >= 15 is 0 Å². The standard InChI is InChI=1S/C25H24F3N3O3S/c1-16-15-35-24(30-23(33)19-4-2-5-20(12-19)25(26,27)28)31(16)14-17-7-9-18(10-8-17)22(32)29-13-21-6-3-11-34-21/h2,4-5,7-10,12,15,21H,3,6,11,13-14H2,1H3,(H,29,32). The summed E-state index contributed by atoms with van der Waals surface area (Å²) in [6.07, 6.45) is -2.52. The Balaban J connectivity index is 1.47. The third-order valence-corrected chi connectivity index (χ3v) is 6.68. The maximum atomic E-state index is 13.0. The zero-order valence-corrected chi connectivity index (χ0v) is 19.8. The van der Waals surface area contributed by atoms with Crippen LogP contribution in [-0.4, -0.2) is 35.6 Å². The molecule has 1 atom stereocenters. The van der Waals surface area contributed by atoms with Gasteiger partial charge in [-0.3, -0.25) is 9.59 Å². The topological polar surface area (TPSA) is 72.7 Å². The molecule has 10 heteroatoms. The van der Waals surface area contributed by atoms with Gasteiger partial charge in [-0.15, -0.1) is 11.3 Å². The number of thiazole rings is 1. The second-order valence-corrected chi connectivity index (χ2v) is 9.12. The van der Waals surface area contributed by atoms with Crippen molar-refractivity contribution in [2.45, 2.75) is 38.6 Å². The first-order valence-electron chi connectivity index (χ1n) is 11.1. The second kappa shape index (κ2) is 10.6. The smallest absolute Gasteiger partial charge is 0.376 e. The predicted molar refractivity (Wildman–Crippen MR) is 125 cm³/mol. The molecule has 2 heterocycles. The number of ether oxygens (including phenoxy) is 1. The van der Waals surface area contributed by atoms with Crippen LogP contribution in [0, 0.1) is 6.92 Å². The van der Waals surface area contributed by atoms with Crippen molar-refractivity contribution in [3.05, 3.63) is 86.7 Å². The summed E-state index contributed by atoms with van der Waals surface area (Å²) < 4.78 is 46.3. The molecule has 1 saturated heterocycles. The van der Waals surface area contributed by atoms with Crippen molar-refractivity contribution in [2.75, 3.05) is 13.2 Å². The number of alkyl halides is 3. The molecule has 0 saturated carbocycles. The van der Waals surface area contributed by atoms with Gasteiger partial charge in [0.1, 0.15) is 0 Å². The van der Waals surface area contributed by atoms with Crippen LogP contribution in [0.2, 0.25) is 0 Å². The van der Waals surface area contributed by atoms with E-state index in [1.165, 1.54) is 23.5 Å². The monoisotopic (exact) mass is 503 g/mol. The maximum Gasteiger partial charge on any atom is 0.416 e. The lowest BCUT2D eigenvalue weighted by molar-refractivity contribution is -0.137. The number of aromatic nitrogens is 1. The molecule has 2 amide bonds. The molecule has 6 nitrogen and oxygen atoms in total. The van der Waals surface area contributed by atoms with Gasteiger partial charge in [0.15, 0.2) is 4.80 Å². The lowest BCUT2D eigenvalue weighted by Gasteiger charge is -2.11. The number of carbonyl (C=O) groups is 2. The molecule has 0 radical (unpaired) electrons. The van der Waals surface area contributed by atoms with Crippen LogP contribution < -0.4 is 10.1 Å². The van der Waals surface area contributed by atoms with Crippen molar-refractivity contribution in [1.82, 2.24) is 9.88 Å². The Morgan fingerprint density at radius 2 is 1.94 bits per heavy atom. The van der Waals surface area contributed by atoms with Gasteiger partial charge in [0.25, 0.3) is 11.8 Å². The Hall–Kier alpha value is -3.24. The summed E-state index contributed by atoms with van der Waals surface area (Å²) in [5, 5.41) is 4.71. The molecule has 0 aliphatic carbocycles. The van der Waals surface area contributed by atoms with E-state index in [0.717, 1.165) is 42.8 Å². The van der Waals surface area contributed by atoms with Gasteiger partial charge < -0.3 is 14.6 Å². The number of rotatable bonds is 6. The summed E-state index contributed by atoms with van der Waals surface area (Å²) in [7, 11) is 0. The van der Waals surface area contributed by atoms with Gasteiger partial charge >= 0.3 is 6.18 Å². The molecule has 1 aliphatic rings. The molecule has 4 rings (SSSR count). The predicted octanol–water partition coefficient (Wildman–Crippen LogP) is 4.58. The molecule has 1 aromatic heterocycles. The molecule has 184 valence electrons. The molecule has 35 heavy (non-hydrogen) atoms. The quantitative estimate of drug-likeness (QED) is 0.536. The van der Waals surface area contributed by atoms with Crippen molar-refractivity contribution in [3.8, 4) is 0 Å². The van der Waals surface area contributed by atoms with Gasteiger partial charge in [-0.1, -0.05) is 18.2 Å². The third-order valence-electron chi connectivity index (χ3n) is 5.70. The first kappa shape index (κ1) is 24.9. The summed E-state index contributed by atoms with van der Waals surface area (Å²) in [5.74, 6) is -0.918. The first-order valence-corrected chi connectivity index (χ1v) is 12.0. The fourth-order valence-electron chi connectivity index (χ4n) is 3.73. The van der Waals surface area contributed by atoms with Crippen LogP contribution in [0.25, 0.3) is 0 Å². The number of aryl methyl sites for hydroxylation is 1. The number of nitrogens with one attached hydrogen (secondary N) is 1. The highest BCUT2D eigenvalue weighted by Gasteiger charge is 2.30. The van der Waals surface area contributed by atoms with Gasteiger partial charge in [-0.25, -0.2) is 0 Å². The zero-order chi connectivity index (χ0) is 25.0. The number of hydrogen-bond donors (Lipinski definition) is 1. The highest BCUT2D eigenvalue weighted by Crippen LogP contribution is 2.29. The molecular formula is C25H24F3N3O3S. The van der Waals surface area contributed by atoms with Crippen LogP contribution in [0.4, 0.5) is 13.2 Å². The van der Waals surface area contributed by atoms with Crippen molar-refractivity contribution in [2.24, 2.45) is 4.99 Å². The summed E-state index contributed by atoms with van der Waals surface area (Å²) in [4.78, 5) is 29.4. The minimum atomic E-state index is -4.54. The third kappa shape index (κ3) is 6.26. The summed E-state index contributed by atoms with van der Waals surface area (Å²) >= 11 is 1.23. The molecule has 2 aromatic carbocycles. The Kier molecular flexibility index (Phi) is 7.51. The maximum absolute atomic E-state index is 13.0. The molecule has 1 N–H and O–H groups in total. The lowest BCUT2D eigenvalue weighted by Crippen LogP contribution is -2.31. The van der Waals surface area contributed by atoms with Crippen molar-refractivity contribution in [1.29, 1.82) is 0 Å². The van der Waals surface area contributed by atoms with Crippen molar-refractivity contribution < 1.29 is 27.5 Å². The number of carbonyl (C=O) groups excluding carboxylic acids is 2. The van der Waals surface area contributed by atoms with Crippen LogP contribution in [0.1, 0.15) is 50.4 Å². The zero-order valence-electron chi connectivity index (χ0n) is 19.0. The first-order chi connectivity index (χ1) is 16.7. The molecule has 1 unspecified atom stereocenters. The average Bonchev–Trinajstić information content (AvgIpc) is 3.48. The molecular weight excluding hydrogens is 479 g/mol. The molecule has 0 spiro atoms. The van der Waals surface area contributed by atoms with Crippen molar-refractivity contribution in [3.63, 3.8) is 0 Å². The normalized spacial score (nSPS) is 16.5. The van der Waals surface area contributed by atoms with E-state index in [2.05, 4.69) is 10.3 Å². The van der Waals surface area contributed by atoms with E-state index in [0.29, 0.717) is 23.5 Å². The minimum Gasteiger partial charge on any atom is -0.376 e. The van der Waals surface area contributed by atoms with E-state index in [1.54, 1.807) is 12.1 Å². The Labute approximate surface area is 204 Å². The number of amides is 2. The highest BCUT2D eigenvalue weighted by atomic mass is 32.1. The fourth-order valence-corrected chi connectivity index (χ4v) is 4.61. The van der Waals surface area contributed by atoms with Gasteiger partial charge in [0.05, 0.1) is 18.2 Å². The fraction of sp³-hybridized carbons (Fsp3) is 0.320. The van der Waals surface area contributed by atoms with Gasteiger partial charge in [0.2, 0.25) is 0 Å². The average molecular weight is 504 g/mol. The van der Waals surface area contributed by atoms with E-state index in [9.17, 15) is 22.8 Å².